The quantitative estimate of drug-likeness (QED) is 0.276. The molecule has 0 aromatic rings. The average molecular weight is 349 g/mol. The van der Waals surface area contributed by atoms with Gasteiger partial charge in [-0.05, 0) is 33.6 Å². The van der Waals surface area contributed by atoms with E-state index in [0.717, 1.165) is 0 Å². The standard InChI is InChI=1S/C13H22F4O4S/c1-11(2,3)10(18)21-9-7-5-4-6-8-12(14,15)13(16,17)22(19)20/h4-9H2,1-3H3,(H,19,20)/p-1. The number of hydrogen-bond acceptors (Lipinski definition) is 4. The van der Waals surface area contributed by atoms with Gasteiger partial charge in [0, 0.05) is 17.5 Å². The van der Waals surface area contributed by atoms with Gasteiger partial charge in [-0.25, -0.2) is 0 Å². The summed E-state index contributed by atoms with van der Waals surface area (Å²) in [7, 11) is 0. The zero-order valence-corrected chi connectivity index (χ0v) is 13.6. The predicted octanol–water partition coefficient (Wildman–Crippen LogP) is 3.63. The Hall–Kier alpha value is -0.700. The van der Waals surface area contributed by atoms with Crippen molar-refractivity contribution >= 4 is 17.0 Å². The lowest BCUT2D eigenvalue weighted by Crippen LogP contribution is -2.43. The van der Waals surface area contributed by atoms with Crippen LogP contribution in [-0.4, -0.2) is 32.5 Å². The molecule has 0 amide bonds. The highest BCUT2D eigenvalue weighted by Gasteiger charge is 2.56. The topological polar surface area (TPSA) is 66.4 Å². The first kappa shape index (κ1) is 21.3. The van der Waals surface area contributed by atoms with Crippen LogP contribution in [-0.2, 0) is 20.6 Å². The molecule has 0 rings (SSSR count). The third kappa shape index (κ3) is 6.60. The van der Waals surface area contributed by atoms with E-state index in [2.05, 4.69) is 0 Å². The van der Waals surface area contributed by atoms with Crippen LogP contribution in [0.5, 0.6) is 0 Å². The Bertz CT molecular complexity index is 394. The van der Waals surface area contributed by atoms with Gasteiger partial charge in [0.05, 0.1) is 12.0 Å². The first-order valence-corrected chi connectivity index (χ1v) is 7.92. The maximum Gasteiger partial charge on any atom is 0.371 e. The molecular weight excluding hydrogens is 328 g/mol. The van der Waals surface area contributed by atoms with Crippen molar-refractivity contribution in [3.63, 3.8) is 0 Å². The number of carbonyl (C=O) groups excluding carboxylic acids is 1. The van der Waals surface area contributed by atoms with Gasteiger partial charge in [-0.2, -0.15) is 17.6 Å². The number of esters is 1. The van der Waals surface area contributed by atoms with E-state index in [1.54, 1.807) is 20.8 Å². The molecule has 0 bridgehead atoms. The molecule has 0 heterocycles. The van der Waals surface area contributed by atoms with E-state index in [1.807, 2.05) is 0 Å². The van der Waals surface area contributed by atoms with Crippen LogP contribution < -0.4 is 0 Å². The summed E-state index contributed by atoms with van der Waals surface area (Å²) < 4.78 is 76.7. The first-order valence-electron chi connectivity index (χ1n) is 6.84. The Morgan fingerprint density at radius 2 is 1.55 bits per heavy atom. The van der Waals surface area contributed by atoms with Gasteiger partial charge >= 0.3 is 17.1 Å². The summed E-state index contributed by atoms with van der Waals surface area (Å²) in [5, 5.41) is -5.06. The minimum Gasteiger partial charge on any atom is -0.768 e. The van der Waals surface area contributed by atoms with Crippen LogP contribution in [0.15, 0.2) is 0 Å². The van der Waals surface area contributed by atoms with E-state index in [1.165, 1.54) is 0 Å². The molecule has 1 unspecified atom stereocenters. The molecule has 0 spiro atoms. The monoisotopic (exact) mass is 349 g/mol. The van der Waals surface area contributed by atoms with Crippen LogP contribution in [0.4, 0.5) is 17.6 Å². The summed E-state index contributed by atoms with van der Waals surface area (Å²) in [5.74, 6) is -4.96. The molecule has 0 saturated heterocycles. The minimum absolute atomic E-state index is 0.132. The second kappa shape index (κ2) is 8.24. The number of alkyl halides is 4. The Balaban J connectivity index is 3.91. The molecule has 0 radical (unpaired) electrons. The van der Waals surface area contributed by atoms with Crippen LogP contribution in [0, 0.1) is 5.41 Å². The van der Waals surface area contributed by atoms with Gasteiger partial charge < -0.3 is 9.29 Å². The van der Waals surface area contributed by atoms with E-state index >= 15 is 0 Å². The largest absolute Gasteiger partial charge is 0.768 e. The van der Waals surface area contributed by atoms with Gasteiger partial charge in [-0.15, -0.1) is 0 Å². The van der Waals surface area contributed by atoms with Crippen LogP contribution in [0.1, 0.15) is 52.9 Å². The molecule has 0 aliphatic carbocycles. The number of carbonyl (C=O) groups is 1. The molecule has 4 nitrogen and oxygen atoms in total. The third-order valence-electron chi connectivity index (χ3n) is 2.87. The van der Waals surface area contributed by atoms with Gasteiger partial charge in [0.25, 0.3) is 0 Å². The number of halogens is 4. The van der Waals surface area contributed by atoms with Gasteiger partial charge in [-0.1, -0.05) is 12.8 Å². The summed E-state index contributed by atoms with van der Waals surface area (Å²) >= 11 is -4.16. The van der Waals surface area contributed by atoms with Crippen molar-refractivity contribution in [3.05, 3.63) is 0 Å². The molecule has 0 aromatic heterocycles. The maximum absolute atomic E-state index is 13.1. The van der Waals surface area contributed by atoms with Crippen molar-refractivity contribution in [2.45, 2.75) is 64.1 Å². The smallest absolute Gasteiger partial charge is 0.371 e. The molecule has 0 fully saturated rings. The third-order valence-corrected chi connectivity index (χ3v) is 3.58. The van der Waals surface area contributed by atoms with Crippen LogP contribution in [0.3, 0.4) is 0 Å². The second-order valence-corrected chi connectivity index (χ2v) is 6.99. The second-order valence-electron chi connectivity index (χ2n) is 6.01. The Labute approximate surface area is 129 Å². The van der Waals surface area contributed by atoms with E-state index in [-0.39, 0.29) is 25.4 Å². The van der Waals surface area contributed by atoms with Crippen molar-refractivity contribution in [1.82, 2.24) is 0 Å². The van der Waals surface area contributed by atoms with E-state index in [0.29, 0.717) is 12.8 Å². The number of rotatable bonds is 9. The van der Waals surface area contributed by atoms with E-state index in [9.17, 15) is 31.1 Å². The average Bonchev–Trinajstić information content (AvgIpc) is 2.35. The number of hydrogen-bond donors (Lipinski definition) is 0. The lowest BCUT2D eigenvalue weighted by atomic mass is 9.97. The summed E-state index contributed by atoms with van der Waals surface area (Å²) in [4.78, 5) is 11.4. The predicted molar refractivity (Wildman–Crippen MR) is 72.3 cm³/mol. The minimum atomic E-state index is -5.06. The molecule has 0 saturated carbocycles. The van der Waals surface area contributed by atoms with E-state index < -0.39 is 34.1 Å². The van der Waals surface area contributed by atoms with Crippen molar-refractivity contribution in [2.75, 3.05) is 6.61 Å². The molecule has 9 heteroatoms. The molecule has 22 heavy (non-hydrogen) atoms. The van der Waals surface area contributed by atoms with Crippen LogP contribution in [0.2, 0.25) is 0 Å². The van der Waals surface area contributed by atoms with Crippen molar-refractivity contribution in [3.8, 4) is 0 Å². The number of ether oxygens (including phenoxy) is 1. The molecule has 0 aromatic carbocycles. The van der Waals surface area contributed by atoms with Gasteiger partial charge in [-0.3, -0.25) is 9.00 Å². The lowest BCUT2D eigenvalue weighted by Gasteiger charge is -2.27. The highest BCUT2D eigenvalue weighted by atomic mass is 32.2. The summed E-state index contributed by atoms with van der Waals surface area (Å²) in [5.41, 5.74) is -0.623. The van der Waals surface area contributed by atoms with Gasteiger partial charge in [0.15, 0.2) is 0 Å². The maximum atomic E-state index is 13.1. The molecule has 132 valence electrons. The molecule has 1 atom stereocenters. The molecule has 0 aliphatic heterocycles. The highest BCUT2D eigenvalue weighted by Crippen LogP contribution is 2.40. The molecular formula is C13H21F4O4S-. The Morgan fingerprint density at radius 3 is 2.00 bits per heavy atom. The fourth-order valence-electron chi connectivity index (χ4n) is 1.45. The van der Waals surface area contributed by atoms with Gasteiger partial charge in [0.1, 0.15) is 0 Å². The Kier molecular flexibility index (Phi) is 7.97. The molecule has 0 N–H and O–H groups in total. The highest BCUT2D eigenvalue weighted by molar-refractivity contribution is 7.80. The zero-order valence-electron chi connectivity index (χ0n) is 12.8. The molecule has 0 aliphatic rings. The van der Waals surface area contributed by atoms with E-state index in [4.69, 9.17) is 4.74 Å². The summed E-state index contributed by atoms with van der Waals surface area (Å²) in [6.45, 7) is 5.21. The van der Waals surface area contributed by atoms with Gasteiger partial charge in [0.2, 0.25) is 0 Å². The first-order chi connectivity index (χ1) is 9.82. The van der Waals surface area contributed by atoms with Crippen molar-refractivity contribution in [2.24, 2.45) is 5.41 Å². The SMILES string of the molecule is CC(C)(C)C(=O)OCCCCCCC(F)(F)C(F)(F)S(=O)[O-]. The zero-order chi connectivity index (χ0) is 17.6. The fraction of sp³-hybridized carbons (Fsp3) is 0.923. The Morgan fingerprint density at radius 1 is 1.05 bits per heavy atom. The normalized spacial score (nSPS) is 14.7. The fourth-order valence-corrected chi connectivity index (χ4v) is 1.80. The number of unbranched alkanes of at least 4 members (excludes halogenated alkanes) is 3. The van der Waals surface area contributed by atoms with Crippen molar-refractivity contribution < 1.29 is 35.9 Å². The summed E-state index contributed by atoms with van der Waals surface area (Å²) in [6, 6.07) is 0. The lowest BCUT2D eigenvalue weighted by molar-refractivity contribution is -0.162. The van der Waals surface area contributed by atoms with Crippen LogP contribution >= 0.6 is 0 Å². The van der Waals surface area contributed by atoms with Crippen molar-refractivity contribution in [1.29, 1.82) is 0 Å². The summed E-state index contributed by atoms with van der Waals surface area (Å²) in [6.07, 6.45) is -0.399. The van der Waals surface area contributed by atoms with Crippen LogP contribution in [0.25, 0.3) is 0 Å².